The van der Waals surface area contributed by atoms with Crippen molar-refractivity contribution in [3.8, 4) is 0 Å². The molecule has 3 atom stereocenters. The van der Waals surface area contributed by atoms with Crippen molar-refractivity contribution in [3.63, 3.8) is 0 Å². The molecule has 1 saturated carbocycles. The van der Waals surface area contributed by atoms with E-state index in [1.54, 1.807) is 0 Å². The van der Waals surface area contributed by atoms with Crippen LogP contribution in [-0.2, 0) is 9.59 Å². The normalized spacial score (nSPS) is 36.7. The van der Waals surface area contributed by atoms with E-state index in [9.17, 15) is 9.59 Å². The van der Waals surface area contributed by atoms with E-state index in [1.165, 1.54) is 0 Å². The highest BCUT2D eigenvalue weighted by Gasteiger charge is 2.43. The lowest BCUT2D eigenvalue weighted by atomic mass is 9.96. The topological polar surface area (TPSA) is 52.7 Å². The van der Waals surface area contributed by atoms with Gasteiger partial charge in [-0.15, -0.1) is 0 Å². The molecule has 3 aliphatic rings. The van der Waals surface area contributed by atoms with E-state index >= 15 is 0 Å². The van der Waals surface area contributed by atoms with Gasteiger partial charge in [0.1, 0.15) is 6.04 Å². The van der Waals surface area contributed by atoms with Crippen LogP contribution in [-0.4, -0.2) is 59.9 Å². The largest absolute Gasteiger partial charge is 0.344 e. The van der Waals surface area contributed by atoms with Gasteiger partial charge in [-0.3, -0.25) is 9.59 Å². The number of nitrogens with zero attached hydrogens (tertiary/aromatic N) is 2. The molecule has 112 valence electrons. The van der Waals surface area contributed by atoms with Crippen molar-refractivity contribution in [3.05, 3.63) is 0 Å². The minimum Gasteiger partial charge on any atom is -0.344 e. The average molecular weight is 279 g/mol. The van der Waals surface area contributed by atoms with Crippen LogP contribution in [0.3, 0.4) is 0 Å². The summed E-state index contributed by atoms with van der Waals surface area (Å²) >= 11 is 0. The van der Waals surface area contributed by atoms with Gasteiger partial charge in [-0.25, -0.2) is 0 Å². The molecule has 3 fully saturated rings. The molecule has 0 bridgehead atoms. The zero-order chi connectivity index (χ0) is 14.3. The number of piperidine rings is 1. The SMILES string of the molecule is CC1CC(N2CCC(=O)NC(C3CC3)C2=O)CCN1C. The molecule has 5 heteroatoms. The average Bonchev–Trinajstić information content (AvgIpc) is 3.23. The van der Waals surface area contributed by atoms with Crippen molar-refractivity contribution in [1.29, 1.82) is 0 Å². The lowest BCUT2D eigenvalue weighted by molar-refractivity contribution is -0.137. The summed E-state index contributed by atoms with van der Waals surface area (Å²) < 4.78 is 0. The summed E-state index contributed by atoms with van der Waals surface area (Å²) in [4.78, 5) is 28.9. The Morgan fingerprint density at radius 3 is 2.55 bits per heavy atom. The first kappa shape index (κ1) is 13.9. The fourth-order valence-electron chi connectivity index (χ4n) is 3.48. The van der Waals surface area contributed by atoms with E-state index in [0.717, 1.165) is 32.2 Å². The van der Waals surface area contributed by atoms with Crippen molar-refractivity contribution >= 4 is 11.8 Å². The fraction of sp³-hybridized carbons (Fsp3) is 0.867. The molecule has 2 saturated heterocycles. The summed E-state index contributed by atoms with van der Waals surface area (Å²) in [6, 6.07) is 0.565. The Labute approximate surface area is 120 Å². The molecule has 0 aromatic rings. The van der Waals surface area contributed by atoms with Gasteiger partial charge in [0.05, 0.1) is 0 Å². The number of carbonyl (C=O) groups is 2. The molecular weight excluding hydrogens is 254 g/mol. The van der Waals surface area contributed by atoms with Gasteiger partial charge < -0.3 is 15.1 Å². The van der Waals surface area contributed by atoms with Crippen LogP contribution in [0, 0.1) is 5.92 Å². The molecule has 2 heterocycles. The number of amides is 2. The van der Waals surface area contributed by atoms with Gasteiger partial charge in [0.2, 0.25) is 11.8 Å². The molecule has 1 aliphatic carbocycles. The Hall–Kier alpha value is -1.10. The van der Waals surface area contributed by atoms with Crippen LogP contribution in [0.15, 0.2) is 0 Å². The predicted octanol–water partition coefficient (Wildman–Crippen LogP) is 0.596. The monoisotopic (exact) mass is 279 g/mol. The summed E-state index contributed by atoms with van der Waals surface area (Å²) in [6.07, 6.45) is 4.66. The van der Waals surface area contributed by atoms with Crippen LogP contribution in [0.2, 0.25) is 0 Å². The summed E-state index contributed by atoms with van der Waals surface area (Å²) in [7, 11) is 2.14. The van der Waals surface area contributed by atoms with E-state index < -0.39 is 0 Å². The predicted molar refractivity (Wildman–Crippen MR) is 76.1 cm³/mol. The van der Waals surface area contributed by atoms with E-state index in [1.807, 2.05) is 4.90 Å². The molecule has 3 unspecified atom stereocenters. The number of likely N-dealkylation sites (tertiary alicyclic amines) is 1. The highest BCUT2D eigenvalue weighted by molar-refractivity contribution is 5.90. The van der Waals surface area contributed by atoms with Gasteiger partial charge in [0.15, 0.2) is 0 Å². The molecule has 0 radical (unpaired) electrons. The van der Waals surface area contributed by atoms with Gasteiger partial charge in [-0.2, -0.15) is 0 Å². The van der Waals surface area contributed by atoms with Crippen LogP contribution >= 0.6 is 0 Å². The van der Waals surface area contributed by atoms with Crippen LogP contribution in [0.25, 0.3) is 0 Å². The summed E-state index contributed by atoms with van der Waals surface area (Å²) in [5, 5.41) is 2.94. The second kappa shape index (κ2) is 5.35. The Bertz CT molecular complexity index is 408. The zero-order valence-electron chi connectivity index (χ0n) is 12.5. The fourth-order valence-corrected chi connectivity index (χ4v) is 3.48. The third-order valence-electron chi connectivity index (χ3n) is 5.16. The zero-order valence-corrected chi connectivity index (χ0v) is 12.5. The number of rotatable bonds is 2. The molecule has 2 aliphatic heterocycles. The number of carbonyl (C=O) groups excluding carboxylic acids is 2. The third kappa shape index (κ3) is 2.68. The van der Waals surface area contributed by atoms with Crippen molar-refractivity contribution in [1.82, 2.24) is 15.1 Å². The first-order valence-electron chi connectivity index (χ1n) is 7.86. The second-order valence-corrected chi connectivity index (χ2v) is 6.67. The van der Waals surface area contributed by atoms with Gasteiger partial charge in [0.25, 0.3) is 0 Å². The Kier molecular flexibility index (Phi) is 3.71. The van der Waals surface area contributed by atoms with E-state index in [2.05, 4.69) is 24.2 Å². The molecule has 0 spiro atoms. The maximum Gasteiger partial charge on any atom is 0.245 e. The smallest absolute Gasteiger partial charge is 0.245 e. The highest BCUT2D eigenvalue weighted by atomic mass is 16.2. The number of hydrogen-bond donors (Lipinski definition) is 1. The van der Waals surface area contributed by atoms with E-state index in [-0.39, 0.29) is 17.9 Å². The molecule has 0 aromatic heterocycles. The minimum atomic E-state index is -0.250. The van der Waals surface area contributed by atoms with Crippen molar-refractivity contribution in [2.75, 3.05) is 20.1 Å². The molecule has 0 aromatic carbocycles. The molecule has 1 N–H and O–H groups in total. The second-order valence-electron chi connectivity index (χ2n) is 6.67. The van der Waals surface area contributed by atoms with E-state index in [0.29, 0.717) is 31.0 Å². The van der Waals surface area contributed by atoms with Gasteiger partial charge in [-0.1, -0.05) is 0 Å². The van der Waals surface area contributed by atoms with Crippen LogP contribution in [0.4, 0.5) is 0 Å². The summed E-state index contributed by atoms with van der Waals surface area (Å²) in [5.74, 6) is 0.592. The van der Waals surface area contributed by atoms with Gasteiger partial charge in [0, 0.05) is 31.6 Å². The van der Waals surface area contributed by atoms with Gasteiger partial charge >= 0.3 is 0 Å². The maximum absolute atomic E-state index is 12.8. The van der Waals surface area contributed by atoms with Crippen LogP contribution in [0.1, 0.15) is 39.0 Å². The third-order valence-corrected chi connectivity index (χ3v) is 5.16. The summed E-state index contributed by atoms with van der Waals surface area (Å²) in [5.41, 5.74) is 0. The van der Waals surface area contributed by atoms with Crippen molar-refractivity contribution in [2.24, 2.45) is 5.92 Å². The summed E-state index contributed by atoms with van der Waals surface area (Å²) in [6.45, 7) is 3.84. The van der Waals surface area contributed by atoms with Crippen molar-refractivity contribution in [2.45, 2.75) is 57.2 Å². The Morgan fingerprint density at radius 1 is 1.15 bits per heavy atom. The Morgan fingerprint density at radius 2 is 1.90 bits per heavy atom. The highest BCUT2D eigenvalue weighted by Crippen LogP contribution is 2.35. The number of hydrogen-bond acceptors (Lipinski definition) is 3. The lowest BCUT2D eigenvalue weighted by Crippen LogP contribution is -2.53. The molecule has 20 heavy (non-hydrogen) atoms. The van der Waals surface area contributed by atoms with E-state index in [4.69, 9.17) is 0 Å². The lowest BCUT2D eigenvalue weighted by Gasteiger charge is -2.41. The molecule has 3 rings (SSSR count). The van der Waals surface area contributed by atoms with Crippen molar-refractivity contribution < 1.29 is 9.59 Å². The minimum absolute atomic E-state index is 0.0405. The van der Waals surface area contributed by atoms with Crippen LogP contribution in [0.5, 0.6) is 0 Å². The number of nitrogens with one attached hydrogen (secondary N) is 1. The molecule has 2 amide bonds. The molecule has 5 nitrogen and oxygen atoms in total. The molecular formula is C15H25N3O2. The first-order valence-corrected chi connectivity index (χ1v) is 7.86. The standard InChI is InChI=1S/C15H25N3O2/c1-10-9-12(5-7-17(10)2)18-8-6-13(19)16-14(15(18)20)11-3-4-11/h10-12,14H,3-9H2,1-2H3,(H,16,19). The first-order chi connectivity index (χ1) is 9.56. The van der Waals surface area contributed by atoms with Gasteiger partial charge in [-0.05, 0) is 45.6 Å². The van der Waals surface area contributed by atoms with Crippen LogP contribution < -0.4 is 5.32 Å². The quantitative estimate of drug-likeness (QED) is 0.805. The maximum atomic E-state index is 12.8. The Balaban J connectivity index is 1.73.